The van der Waals surface area contributed by atoms with Crippen molar-refractivity contribution in [2.45, 2.75) is 50.1 Å². The summed E-state index contributed by atoms with van der Waals surface area (Å²) in [6.07, 6.45) is 3.81. The third-order valence-electron chi connectivity index (χ3n) is 5.08. The van der Waals surface area contributed by atoms with Crippen LogP contribution >= 0.6 is 0 Å². The monoisotopic (exact) mass is 373 g/mol. The highest BCUT2D eigenvalue weighted by Crippen LogP contribution is 2.14. The third kappa shape index (κ3) is 5.16. The quantitative estimate of drug-likeness (QED) is 0.781. The number of benzene rings is 2. The van der Waals surface area contributed by atoms with Crippen molar-refractivity contribution in [2.24, 2.45) is 0 Å². The lowest BCUT2D eigenvalue weighted by Crippen LogP contribution is -3.12. The normalized spacial score (nSPS) is 20.8. The van der Waals surface area contributed by atoms with Gasteiger partial charge in [-0.05, 0) is 24.1 Å². The van der Waals surface area contributed by atoms with E-state index in [1.165, 1.54) is 16.0 Å². The number of quaternary nitrogens is 1. The number of aryl methyl sites for hydroxylation is 1. The molecule has 4 nitrogen and oxygen atoms in total. The van der Waals surface area contributed by atoms with E-state index in [9.17, 15) is 8.42 Å². The average molecular weight is 374 g/mol. The van der Waals surface area contributed by atoms with Crippen LogP contribution in [-0.2, 0) is 23.0 Å². The molecule has 0 bridgehead atoms. The summed E-state index contributed by atoms with van der Waals surface area (Å²) in [7, 11) is -3.43. The van der Waals surface area contributed by atoms with E-state index < -0.39 is 10.0 Å². The van der Waals surface area contributed by atoms with Gasteiger partial charge in [-0.3, -0.25) is 0 Å². The summed E-state index contributed by atoms with van der Waals surface area (Å²) in [6, 6.07) is 17.8. The highest BCUT2D eigenvalue weighted by atomic mass is 32.2. The zero-order valence-corrected chi connectivity index (χ0v) is 16.3. The van der Waals surface area contributed by atoms with Gasteiger partial charge in [-0.1, -0.05) is 55.8 Å². The van der Waals surface area contributed by atoms with Gasteiger partial charge in [-0.15, -0.1) is 0 Å². The molecule has 0 unspecified atom stereocenters. The molecule has 1 saturated heterocycles. The Labute approximate surface area is 157 Å². The molecule has 1 aliphatic heterocycles. The number of hydrogen-bond acceptors (Lipinski definition) is 2. The van der Waals surface area contributed by atoms with Crippen LogP contribution in [0.4, 0.5) is 0 Å². The summed E-state index contributed by atoms with van der Waals surface area (Å²) in [5, 5.41) is 0. The Morgan fingerprint density at radius 1 is 0.962 bits per heavy atom. The first kappa shape index (κ1) is 19.1. The van der Waals surface area contributed by atoms with Gasteiger partial charge < -0.3 is 4.90 Å². The second-order valence-corrected chi connectivity index (χ2v) is 8.92. The number of nitrogens with one attached hydrogen (secondary N) is 2. The minimum Gasteiger partial charge on any atom is -0.331 e. The molecule has 2 aromatic carbocycles. The summed E-state index contributed by atoms with van der Waals surface area (Å²) in [5.41, 5.74) is 2.53. The zero-order valence-electron chi connectivity index (χ0n) is 15.4. The van der Waals surface area contributed by atoms with Crippen LogP contribution in [0.1, 0.15) is 37.3 Å². The SMILES string of the molecule is CCCc1ccc(S(=O)(=O)NC2CC[NH+](Cc3ccccc3)CC2)cc1. The van der Waals surface area contributed by atoms with Gasteiger partial charge in [0.2, 0.25) is 10.0 Å². The molecule has 26 heavy (non-hydrogen) atoms. The Kier molecular flexibility index (Phi) is 6.46. The van der Waals surface area contributed by atoms with Gasteiger partial charge in [-0.25, -0.2) is 13.1 Å². The second-order valence-electron chi connectivity index (χ2n) is 7.20. The van der Waals surface area contributed by atoms with Crippen molar-refractivity contribution in [1.82, 2.24) is 4.72 Å². The van der Waals surface area contributed by atoms with Crippen molar-refractivity contribution in [2.75, 3.05) is 13.1 Å². The molecule has 2 N–H and O–H groups in total. The molecule has 140 valence electrons. The fraction of sp³-hybridized carbons (Fsp3) is 0.429. The van der Waals surface area contributed by atoms with E-state index in [1.54, 1.807) is 12.1 Å². The van der Waals surface area contributed by atoms with Crippen LogP contribution in [0.25, 0.3) is 0 Å². The van der Waals surface area contributed by atoms with E-state index in [0.29, 0.717) is 4.90 Å². The molecule has 3 rings (SSSR count). The van der Waals surface area contributed by atoms with Crippen LogP contribution in [0.2, 0.25) is 0 Å². The van der Waals surface area contributed by atoms with Gasteiger partial charge in [0.25, 0.3) is 0 Å². The Morgan fingerprint density at radius 2 is 1.62 bits per heavy atom. The molecule has 0 amide bonds. The Balaban J connectivity index is 1.53. The van der Waals surface area contributed by atoms with Crippen LogP contribution in [0, 0.1) is 0 Å². The van der Waals surface area contributed by atoms with Gasteiger partial charge >= 0.3 is 0 Å². The molecule has 0 atom stereocenters. The summed E-state index contributed by atoms with van der Waals surface area (Å²) >= 11 is 0. The molecule has 0 radical (unpaired) electrons. The smallest absolute Gasteiger partial charge is 0.240 e. The van der Waals surface area contributed by atoms with E-state index in [2.05, 4.69) is 35.9 Å². The number of hydrogen-bond donors (Lipinski definition) is 2. The Hall–Kier alpha value is -1.69. The molecule has 1 fully saturated rings. The standard InChI is InChI=1S/C21H28N2O2S/c1-2-6-18-9-11-21(12-10-18)26(24,25)22-20-13-15-23(16-14-20)17-19-7-4-3-5-8-19/h3-5,7-12,20,22H,2,6,13-17H2,1H3/p+1. The molecule has 0 aliphatic carbocycles. The van der Waals surface area contributed by atoms with Gasteiger partial charge in [0.15, 0.2) is 0 Å². The fourth-order valence-electron chi connectivity index (χ4n) is 3.62. The molecule has 5 heteroatoms. The van der Waals surface area contributed by atoms with Crippen LogP contribution in [0.3, 0.4) is 0 Å². The minimum absolute atomic E-state index is 0.0369. The summed E-state index contributed by atoms with van der Waals surface area (Å²) in [5.74, 6) is 0. The number of piperidine rings is 1. The minimum atomic E-state index is -3.43. The average Bonchev–Trinajstić information content (AvgIpc) is 2.65. The number of rotatable bonds is 7. The summed E-state index contributed by atoms with van der Waals surface area (Å²) < 4.78 is 28.2. The van der Waals surface area contributed by atoms with Crippen molar-refractivity contribution in [3.8, 4) is 0 Å². The lowest BCUT2D eigenvalue weighted by molar-refractivity contribution is -0.918. The van der Waals surface area contributed by atoms with E-state index in [1.807, 2.05) is 18.2 Å². The Bertz CT molecular complexity index is 781. The Morgan fingerprint density at radius 3 is 2.23 bits per heavy atom. The third-order valence-corrected chi connectivity index (χ3v) is 6.62. The van der Waals surface area contributed by atoms with Crippen LogP contribution in [-0.4, -0.2) is 27.5 Å². The van der Waals surface area contributed by atoms with Crippen molar-refractivity contribution >= 4 is 10.0 Å². The first-order valence-corrected chi connectivity index (χ1v) is 11.0. The highest BCUT2D eigenvalue weighted by molar-refractivity contribution is 7.89. The second kappa shape index (κ2) is 8.80. The first-order valence-electron chi connectivity index (χ1n) is 9.55. The van der Waals surface area contributed by atoms with Crippen molar-refractivity contribution in [3.05, 3.63) is 65.7 Å². The topological polar surface area (TPSA) is 50.6 Å². The molecule has 0 aromatic heterocycles. The van der Waals surface area contributed by atoms with Crippen molar-refractivity contribution < 1.29 is 13.3 Å². The molecule has 2 aromatic rings. The molecule has 1 heterocycles. The van der Waals surface area contributed by atoms with Crippen LogP contribution < -0.4 is 9.62 Å². The summed E-state index contributed by atoms with van der Waals surface area (Å²) in [4.78, 5) is 1.90. The molecule has 1 aliphatic rings. The van der Waals surface area contributed by atoms with E-state index in [0.717, 1.165) is 45.3 Å². The first-order chi connectivity index (χ1) is 12.6. The largest absolute Gasteiger partial charge is 0.331 e. The summed E-state index contributed by atoms with van der Waals surface area (Å²) in [6.45, 7) is 5.13. The highest BCUT2D eigenvalue weighted by Gasteiger charge is 2.26. The van der Waals surface area contributed by atoms with E-state index >= 15 is 0 Å². The van der Waals surface area contributed by atoms with Gasteiger partial charge in [0.05, 0.1) is 18.0 Å². The van der Waals surface area contributed by atoms with Gasteiger partial charge in [-0.2, -0.15) is 0 Å². The lowest BCUT2D eigenvalue weighted by Gasteiger charge is -2.29. The maximum atomic E-state index is 12.6. The lowest BCUT2D eigenvalue weighted by atomic mass is 10.1. The molecular formula is C21H29N2O2S+. The number of sulfonamides is 1. The predicted molar refractivity (Wildman–Crippen MR) is 105 cm³/mol. The van der Waals surface area contributed by atoms with E-state index in [4.69, 9.17) is 0 Å². The molecule has 0 saturated carbocycles. The maximum absolute atomic E-state index is 12.6. The van der Waals surface area contributed by atoms with Gasteiger partial charge in [0.1, 0.15) is 6.54 Å². The molecule has 0 spiro atoms. The van der Waals surface area contributed by atoms with Crippen molar-refractivity contribution in [3.63, 3.8) is 0 Å². The zero-order chi connectivity index (χ0) is 18.4. The van der Waals surface area contributed by atoms with Crippen molar-refractivity contribution in [1.29, 1.82) is 0 Å². The number of likely N-dealkylation sites (tertiary alicyclic amines) is 1. The van der Waals surface area contributed by atoms with Crippen LogP contribution in [0.15, 0.2) is 59.5 Å². The van der Waals surface area contributed by atoms with E-state index in [-0.39, 0.29) is 6.04 Å². The predicted octanol–water partition coefficient (Wildman–Crippen LogP) is 2.16. The fourth-order valence-corrected chi connectivity index (χ4v) is 4.92. The maximum Gasteiger partial charge on any atom is 0.240 e. The van der Waals surface area contributed by atoms with Crippen LogP contribution in [0.5, 0.6) is 0 Å². The molecular weight excluding hydrogens is 344 g/mol. The van der Waals surface area contributed by atoms with Gasteiger partial charge in [0, 0.05) is 24.4 Å².